The number of rotatable bonds is 4. The van der Waals surface area contributed by atoms with Crippen LogP contribution in [0.3, 0.4) is 0 Å². The molecule has 0 aliphatic carbocycles. The fourth-order valence-electron chi connectivity index (χ4n) is 2.88. The Hall–Kier alpha value is -2.04. The third kappa shape index (κ3) is 4.47. The predicted molar refractivity (Wildman–Crippen MR) is 85.9 cm³/mol. The van der Waals surface area contributed by atoms with Gasteiger partial charge in [0.2, 0.25) is 0 Å². The van der Waals surface area contributed by atoms with Crippen molar-refractivity contribution in [3.05, 3.63) is 23.3 Å². The van der Waals surface area contributed by atoms with Crippen LogP contribution in [0, 0.1) is 0 Å². The van der Waals surface area contributed by atoms with Crippen molar-refractivity contribution in [1.29, 1.82) is 0 Å². The molecular weight excluding hydrogens is 296 g/mol. The van der Waals surface area contributed by atoms with E-state index in [2.05, 4.69) is 0 Å². The number of fused-ring (bicyclic) bond motifs is 1. The van der Waals surface area contributed by atoms with E-state index in [0.29, 0.717) is 23.3 Å². The van der Waals surface area contributed by atoms with Crippen LogP contribution in [0.1, 0.15) is 61.9 Å². The maximum atomic E-state index is 12.6. The SMILES string of the molecule is CCOC(=O)Cc1cc(O)cc2c1C(=O)CCCCC(CC)O2. The maximum Gasteiger partial charge on any atom is 0.310 e. The minimum atomic E-state index is -0.417. The molecule has 0 aromatic heterocycles. The van der Waals surface area contributed by atoms with E-state index in [1.807, 2.05) is 6.92 Å². The minimum absolute atomic E-state index is 0.00931. The maximum absolute atomic E-state index is 12.6. The standard InChI is InChI=1S/C18H24O5/c1-3-14-7-5-6-8-15(20)18-12(10-17(21)22-4-2)9-13(19)11-16(18)23-14/h9,11,14,19H,3-8,10H2,1-2H3. The van der Waals surface area contributed by atoms with E-state index in [9.17, 15) is 14.7 Å². The number of ether oxygens (including phenoxy) is 2. The summed E-state index contributed by atoms with van der Waals surface area (Å²) in [5, 5.41) is 9.95. The number of esters is 1. The van der Waals surface area contributed by atoms with Crippen LogP contribution in [0.25, 0.3) is 0 Å². The van der Waals surface area contributed by atoms with Crippen LogP contribution in [0.5, 0.6) is 11.5 Å². The van der Waals surface area contributed by atoms with Crippen molar-refractivity contribution in [2.45, 2.75) is 58.5 Å². The van der Waals surface area contributed by atoms with Crippen LogP contribution in [0.15, 0.2) is 12.1 Å². The summed E-state index contributed by atoms with van der Waals surface area (Å²) in [6.45, 7) is 4.05. The van der Waals surface area contributed by atoms with Gasteiger partial charge in [-0.2, -0.15) is 0 Å². The Labute approximate surface area is 136 Å². The number of Topliss-reactive ketones (excluding diaryl/α,β-unsaturated/α-hetero) is 1. The molecule has 1 aliphatic rings. The van der Waals surface area contributed by atoms with Crippen LogP contribution in [-0.4, -0.2) is 29.6 Å². The van der Waals surface area contributed by atoms with Gasteiger partial charge < -0.3 is 14.6 Å². The summed E-state index contributed by atoms with van der Waals surface area (Å²) in [7, 11) is 0. The molecule has 0 fully saturated rings. The Bertz CT molecular complexity index is 579. The second-order valence-corrected chi connectivity index (χ2v) is 5.78. The summed E-state index contributed by atoms with van der Waals surface area (Å²) in [6.07, 6.45) is 3.83. The first-order valence-electron chi connectivity index (χ1n) is 8.26. The topological polar surface area (TPSA) is 72.8 Å². The molecule has 0 amide bonds. The monoisotopic (exact) mass is 320 g/mol. The van der Waals surface area contributed by atoms with E-state index >= 15 is 0 Å². The van der Waals surface area contributed by atoms with E-state index in [1.165, 1.54) is 12.1 Å². The van der Waals surface area contributed by atoms with Gasteiger partial charge in [-0.1, -0.05) is 6.92 Å². The van der Waals surface area contributed by atoms with Crippen molar-refractivity contribution >= 4 is 11.8 Å². The second kappa shape index (κ2) is 7.99. The first-order chi connectivity index (χ1) is 11.0. The molecule has 0 saturated heterocycles. The van der Waals surface area contributed by atoms with Crippen molar-refractivity contribution in [3.8, 4) is 11.5 Å². The van der Waals surface area contributed by atoms with Gasteiger partial charge in [0.05, 0.1) is 24.7 Å². The van der Waals surface area contributed by atoms with E-state index < -0.39 is 5.97 Å². The highest BCUT2D eigenvalue weighted by atomic mass is 16.5. The average molecular weight is 320 g/mol. The Kier molecular flexibility index (Phi) is 6.02. The quantitative estimate of drug-likeness (QED) is 0.861. The molecule has 1 atom stereocenters. The summed E-state index contributed by atoms with van der Waals surface area (Å²) < 4.78 is 10.9. The van der Waals surface area contributed by atoms with Gasteiger partial charge in [-0.25, -0.2) is 0 Å². The van der Waals surface area contributed by atoms with Crippen LogP contribution >= 0.6 is 0 Å². The van der Waals surface area contributed by atoms with Gasteiger partial charge >= 0.3 is 5.97 Å². The molecule has 5 heteroatoms. The largest absolute Gasteiger partial charge is 0.508 e. The fourth-order valence-corrected chi connectivity index (χ4v) is 2.88. The van der Waals surface area contributed by atoms with Crippen molar-refractivity contribution in [2.75, 3.05) is 6.61 Å². The number of benzene rings is 1. The van der Waals surface area contributed by atoms with Crippen LogP contribution in [-0.2, 0) is 16.0 Å². The van der Waals surface area contributed by atoms with E-state index in [-0.39, 0.29) is 30.7 Å². The Balaban J connectivity index is 2.43. The van der Waals surface area contributed by atoms with Gasteiger partial charge in [0.1, 0.15) is 11.5 Å². The summed E-state index contributed by atoms with van der Waals surface area (Å²) in [6, 6.07) is 2.92. The molecule has 0 bridgehead atoms. The lowest BCUT2D eigenvalue weighted by molar-refractivity contribution is -0.142. The van der Waals surface area contributed by atoms with Crippen LogP contribution in [0.4, 0.5) is 0 Å². The third-order valence-corrected chi connectivity index (χ3v) is 4.02. The first kappa shape index (κ1) is 17.3. The lowest BCUT2D eigenvalue weighted by Gasteiger charge is -2.19. The molecule has 1 aliphatic heterocycles. The molecule has 0 radical (unpaired) electrons. The molecule has 23 heavy (non-hydrogen) atoms. The highest BCUT2D eigenvalue weighted by Crippen LogP contribution is 2.33. The van der Waals surface area contributed by atoms with Crippen molar-refractivity contribution in [3.63, 3.8) is 0 Å². The van der Waals surface area contributed by atoms with Gasteiger partial charge in [-0.3, -0.25) is 9.59 Å². The van der Waals surface area contributed by atoms with Gasteiger partial charge in [-0.15, -0.1) is 0 Å². The van der Waals surface area contributed by atoms with E-state index in [1.54, 1.807) is 6.92 Å². The molecule has 126 valence electrons. The number of phenolic OH excluding ortho intramolecular Hbond substituents is 1. The second-order valence-electron chi connectivity index (χ2n) is 5.78. The lowest BCUT2D eigenvalue weighted by atomic mass is 9.96. The van der Waals surface area contributed by atoms with Crippen molar-refractivity contribution in [2.24, 2.45) is 0 Å². The van der Waals surface area contributed by atoms with Crippen molar-refractivity contribution < 1.29 is 24.2 Å². The number of carbonyl (C=O) groups is 2. The van der Waals surface area contributed by atoms with Gasteiger partial charge in [0.15, 0.2) is 5.78 Å². The molecule has 1 unspecified atom stereocenters. The number of hydrogen-bond donors (Lipinski definition) is 1. The highest BCUT2D eigenvalue weighted by molar-refractivity contribution is 6.01. The number of ketones is 1. The van der Waals surface area contributed by atoms with Crippen molar-refractivity contribution in [1.82, 2.24) is 0 Å². The van der Waals surface area contributed by atoms with E-state index in [4.69, 9.17) is 9.47 Å². The molecule has 1 heterocycles. The zero-order valence-electron chi connectivity index (χ0n) is 13.8. The van der Waals surface area contributed by atoms with Crippen LogP contribution < -0.4 is 4.74 Å². The van der Waals surface area contributed by atoms with Gasteiger partial charge in [-0.05, 0) is 44.2 Å². The zero-order valence-corrected chi connectivity index (χ0v) is 13.8. The summed E-state index contributed by atoms with van der Waals surface area (Å²) in [5.41, 5.74) is 0.886. The van der Waals surface area contributed by atoms with E-state index in [0.717, 1.165) is 25.7 Å². The molecule has 1 N–H and O–H groups in total. The summed E-state index contributed by atoms with van der Waals surface area (Å²) in [5.74, 6) is -0.0935. The molecule has 1 aromatic carbocycles. The highest BCUT2D eigenvalue weighted by Gasteiger charge is 2.24. The number of phenols is 1. The smallest absolute Gasteiger partial charge is 0.310 e. The first-order valence-corrected chi connectivity index (χ1v) is 8.26. The molecule has 2 rings (SSSR count). The minimum Gasteiger partial charge on any atom is -0.508 e. The molecule has 1 aromatic rings. The number of carbonyl (C=O) groups excluding carboxylic acids is 2. The normalized spacial score (nSPS) is 18.2. The Morgan fingerprint density at radius 1 is 1.35 bits per heavy atom. The Morgan fingerprint density at radius 2 is 2.13 bits per heavy atom. The third-order valence-electron chi connectivity index (χ3n) is 4.02. The van der Waals surface area contributed by atoms with Gasteiger partial charge in [0.25, 0.3) is 0 Å². The number of hydrogen-bond acceptors (Lipinski definition) is 5. The molecular formula is C18H24O5. The summed E-state index contributed by atoms with van der Waals surface area (Å²) >= 11 is 0. The molecule has 0 saturated carbocycles. The van der Waals surface area contributed by atoms with Gasteiger partial charge in [0, 0.05) is 12.5 Å². The predicted octanol–water partition coefficient (Wildman–Crippen LogP) is 3.41. The Morgan fingerprint density at radius 3 is 2.83 bits per heavy atom. The zero-order chi connectivity index (χ0) is 16.8. The lowest BCUT2D eigenvalue weighted by Crippen LogP contribution is -2.17. The number of aromatic hydroxyl groups is 1. The fraction of sp³-hybridized carbons (Fsp3) is 0.556. The molecule has 5 nitrogen and oxygen atoms in total. The van der Waals surface area contributed by atoms with Crippen LogP contribution in [0.2, 0.25) is 0 Å². The molecule has 0 spiro atoms. The summed E-state index contributed by atoms with van der Waals surface area (Å²) in [4.78, 5) is 24.4. The average Bonchev–Trinajstić information content (AvgIpc) is 2.56.